The second-order valence-electron chi connectivity index (χ2n) is 0.447. The monoisotopic (exact) mass is 219 g/mol. The first-order valence-corrected chi connectivity index (χ1v) is 4.38. The van der Waals surface area contributed by atoms with Crippen LogP contribution in [0.3, 0.4) is 0 Å². The minimum absolute atomic E-state index is 0. The molecular weight excluding hydrogens is 219 g/mol. The van der Waals surface area contributed by atoms with Crippen molar-refractivity contribution >= 4 is 29.7 Å². The summed E-state index contributed by atoms with van der Waals surface area (Å²) < 4.78 is 0. The molecule has 0 bridgehead atoms. The summed E-state index contributed by atoms with van der Waals surface area (Å²) in [5.41, 5.74) is -3.72. The minimum atomic E-state index is -3.72. The zero-order chi connectivity index (χ0) is 4.50. The fourth-order valence-corrected chi connectivity index (χ4v) is 0. The molecular formula is Na4O2PS2+. The normalized spacial score (nSPS) is 6.56. The number of hydrogen-bond acceptors (Lipinski definition) is 4. The topological polar surface area (TPSA) is 46.1 Å². The van der Waals surface area contributed by atoms with Crippen molar-refractivity contribution < 1.29 is 128 Å². The van der Waals surface area contributed by atoms with Gasteiger partial charge < -0.3 is 27.7 Å². The van der Waals surface area contributed by atoms with Crippen LogP contribution in [0.2, 0.25) is 0 Å². The van der Waals surface area contributed by atoms with E-state index in [0.717, 1.165) is 0 Å². The predicted molar refractivity (Wildman–Crippen MR) is 21.6 cm³/mol. The van der Waals surface area contributed by atoms with E-state index in [4.69, 9.17) is 0 Å². The molecule has 0 N–H and O–H groups in total. The van der Waals surface area contributed by atoms with Crippen molar-refractivity contribution in [1.29, 1.82) is 0 Å². The molecule has 0 spiro atoms. The molecule has 0 aliphatic rings. The van der Waals surface area contributed by atoms with Gasteiger partial charge in [0.25, 0.3) is 0 Å². The second kappa shape index (κ2) is 15.4. The van der Waals surface area contributed by atoms with Gasteiger partial charge in [0.1, 0.15) is 0 Å². The molecule has 0 unspecified atom stereocenters. The first kappa shape index (κ1) is 29.2. The molecule has 9 heavy (non-hydrogen) atoms. The maximum Gasteiger partial charge on any atom is 1.00 e. The summed E-state index contributed by atoms with van der Waals surface area (Å²) in [6.45, 7) is 0. The number of hydrogen-bond donors (Lipinski definition) is 0. The standard InChI is InChI=1S/4Na.H3O2PS2/c;;;;1-3(2,4)5/h;;;;(H3,1,2,4,5)/q4*+1;/p-3. The van der Waals surface area contributed by atoms with Crippen LogP contribution >= 0.6 is 5.69 Å². The Balaban J connectivity index is -0.0000000133. The smallest absolute Gasteiger partial charge is 0.850 e. The maximum atomic E-state index is 9.29. The Morgan fingerprint density at radius 1 is 1.00 bits per heavy atom. The first-order valence-electron chi connectivity index (χ1n) is 0.730. The van der Waals surface area contributed by atoms with Gasteiger partial charge in [0.2, 0.25) is 0 Å². The Bertz CT molecular complexity index is 62.7. The van der Waals surface area contributed by atoms with Gasteiger partial charge >= 0.3 is 118 Å². The summed E-state index contributed by atoms with van der Waals surface area (Å²) in [4.78, 5) is 18.6. The van der Waals surface area contributed by atoms with Crippen LogP contribution in [0.4, 0.5) is 0 Å². The molecule has 0 aromatic rings. The molecule has 0 aromatic carbocycles. The summed E-state index contributed by atoms with van der Waals surface area (Å²) in [6, 6.07) is 0. The molecule has 0 saturated heterocycles. The van der Waals surface area contributed by atoms with E-state index in [1.54, 1.807) is 0 Å². The Morgan fingerprint density at radius 2 is 1.00 bits per heavy atom. The van der Waals surface area contributed by atoms with E-state index in [-0.39, 0.29) is 118 Å². The van der Waals surface area contributed by atoms with E-state index < -0.39 is 5.69 Å². The zero-order valence-electron chi connectivity index (χ0n) is 6.08. The van der Waals surface area contributed by atoms with Crippen molar-refractivity contribution in [2.75, 3.05) is 0 Å². The fraction of sp³-hybridized carbons (Fsp3) is 0. The minimum Gasteiger partial charge on any atom is -0.850 e. The fourth-order valence-electron chi connectivity index (χ4n) is 0. The molecule has 0 amide bonds. The molecule has 2 nitrogen and oxygen atoms in total. The van der Waals surface area contributed by atoms with Gasteiger partial charge in [-0.3, -0.25) is 0 Å². The van der Waals surface area contributed by atoms with Crippen LogP contribution in [-0.2, 0) is 24.1 Å². The Hall–Kier alpha value is 4.92. The summed E-state index contributed by atoms with van der Waals surface area (Å²) in [7, 11) is 0. The molecule has 0 rings (SSSR count). The largest absolute Gasteiger partial charge is 1.00 e. The summed E-state index contributed by atoms with van der Waals surface area (Å²) >= 11 is 7.28. The van der Waals surface area contributed by atoms with Crippen molar-refractivity contribution in [3.63, 3.8) is 0 Å². The quantitative estimate of drug-likeness (QED) is 0.230. The molecule has 0 aliphatic heterocycles. The van der Waals surface area contributed by atoms with E-state index >= 15 is 0 Å². The van der Waals surface area contributed by atoms with Gasteiger partial charge in [-0.25, -0.2) is 0 Å². The van der Waals surface area contributed by atoms with Gasteiger partial charge in [-0.15, -0.1) is 0 Å². The van der Waals surface area contributed by atoms with Gasteiger partial charge in [0, 0.05) is 0 Å². The SMILES string of the molecule is [Na+].[Na+].[Na+].[Na+].[O-]P([O-])(=S)[S-]. The van der Waals surface area contributed by atoms with Crippen LogP contribution < -0.4 is 128 Å². The first-order chi connectivity index (χ1) is 2.00. The van der Waals surface area contributed by atoms with Gasteiger partial charge in [0.15, 0.2) is 0 Å². The maximum absolute atomic E-state index is 9.29. The molecule has 0 fully saturated rings. The molecule has 0 radical (unpaired) electrons. The van der Waals surface area contributed by atoms with Crippen molar-refractivity contribution in [2.24, 2.45) is 0 Å². The van der Waals surface area contributed by atoms with Crippen molar-refractivity contribution in [3.05, 3.63) is 0 Å². The van der Waals surface area contributed by atoms with Crippen LogP contribution in [0, 0.1) is 0 Å². The molecule has 0 atom stereocenters. The van der Waals surface area contributed by atoms with Crippen LogP contribution in [0.1, 0.15) is 0 Å². The van der Waals surface area contributed by atoms with E-state index in [1.807, 2.05) is 0 Å². The second-order valence-corrected chi connectivity index (χ2v) is 4.92. The Kier molecular flexibility index (Phi) is 50.0. The Labute approximate surface area is 154 Å². The van der Waals surface area contributed by atoms with E-state index in [0.29, 0.717) is 0 Å². The molecule has 0 heterocycles. The van der Waals surface area contributed by atoms with Crippen LogP contribution in [0.5, 0.6) is 0 Å². The molecule has 0 aromatic heterocycles. The molecule has 0 saturated carbocycles. The summed E-state index contributed by atoms with van der Waals surface area (Å²) in [5.74, 6) is 0. The van der Waals surface area contributed by atoms with Gasteiger partial charge in [0.05, 0.1) is 0 Å². The van der Waals surface area contributed by atoms with E-state index in [1.165, 1.54) is 0 Å². The van der Waals surface area contributed by atoms with Crippen molar-refractivity contribution in [1.82, 2.24) is 0 Å². The third kappa shape index (κ3) is 63.6. The van der Waals surface area contributed by atoms with Crippen LogP contribution in [0.25, 0.3) is 0 Å². The van der Waals surface area contributed by atoms with E-state index in [9.17, 15) is 9.79 Å². The number of rotatable bonds is 0. The molecule has 9 heteroatoms. The Morgan fingerprint density at radius 3 is 1.00 bits per heavy atom. The van der Waals surface area contributed by atoms with Crippen LogP contribution in [-0.4, -0.2) is 0 Å². The zero-order valence-corrected chi connectivity index (χ0v) is 16.6. The average molecular weight is 219 g/mol. The average Bonchev–Trinajstić information content (AvgIpc) is 0.722. The third-order valence-electron chi connectivity index (χ3n) is 0. The van der Waals surface area contributed by atoms with Gasteiger partial charge in [-0.1, -0.05) is 0 Å². The summed E-state index contributed by atoms with van der Waals surface area (Å²) in [6.07, 6.45) is 0. The summed E-state index contributed by atoms with van der Waals surface area (Å²) in [5, 5.41) is 0. The molecule has 0 aliphatic carbocycles. The van der Waals surface area contributed by atoms with Gasteiger partial charge in [-0.2, -0.15) is 11.8 Å². The third-order valence-corrected chi connectivity index (χ3v) is 0. The molecule has 32 valence electrons. The van der Waals surface area contributed by atoms with Gasteiger partial charge in [-0.05, 0) is 0 Å². The van der Waals surface area contributed by atoms with Crippen molar-refractivity contribution in [2.45, 2.75) is 0 Å². The van der Waals surface area contributed by atoms with E-state index in [2.05, 4.69) is 24.1 Å². The predicted octanol–water partition coefficient (Wildman–Crippen LogP) is -13.5. The van der Waals surface area contributed by atoms with Crippen molar-refractivity contribution in [3.8, 4) is 0 Å². The van der Waals surface area contributed by atoms with Crippen LogP contribution in [0.15, 0.2) is 0 Å².